The van der Waals surface area contributed by atoms with Crippen molar-refractivity contribution in [3.63, 3.8) is 0 Å². The lowest BCUT2D eigenvalue weighted by molar-refractivity contribution is 0.524. The van der Waals surface area contributed by atoms with Crippen molar-refractivity contribution in [2.24, 2.45) is 0 Å². The topological polar surface area (TPSA) is 25.2 Å². The Labute approximate surface area is 128 Å². The van der Waals surface area contributed by atoms with E-state index in [9.17, 15) is 0 Å². The van der Waals surface area contributed by atoms with E-state index in [4.69, 9.17) is 4.42 Å². The molecular weight excluding hydrogens is 378 g/mol. The number of aryl methyl sites for hydroxylation is 1. The van der Waals surface area contributed by atoms with Gasteiger partial charge in [0.25, 0.3) is 0 Å². The highest BCUT2D eigenvalue weighted by Crippen LogP contribution is 2.37. The van der Waals surface area contributed by atoms with Crippen LogP contribution in [0, 0.1) is 6.92 Å². The van der Waals surface area contributed by atoms with Crippen LogP contribution in [0.5, 0.6) is 0 Å². The fourth-order valence-electron chi connectivity index (χ4n) is 1.79. The molecular formula is C13H15Br2NOS. The summed E-state index contributed by atoms with van der Waals surface area (Å²) in [5.74, 6) is 0.947. The first-order valence-electron chi connectivity index (χ1n) is 5.85. The number of thiophene rings is 1. The molecule has 0 aliphatic carbocycles. The van der Waals surface area contributed by atoms with Gasteiger partial charge in [0.1, 0.15) is 5.76 Å². The summed E-state index contributed by atoms with van der Waals surface area (Å²) in [5, 5.41) is 3.56. The molecule has 0 amide bonds. The largest absolute Gasteiger partial charge is 0.469 e. The Morgan fingerprint density at radius 1 is 1.39 bits per heavy atom. The van der Waals surface area contributed by atoms with Crippen LogP contribution < -0.4 is 5.32 Å². The van der Waals surface area contributed by atoms with Crippen molar-refractivity contribution in [1.82, 2.24) is 5.32 Å². The lowest BCUT2D eigenvalue weighted by Crippen LogP contribution is -2.21. The smallest absolute Gasteiger partial charge is 0.101 e. The Hall–Kier alpha value is -0.1000. The van der Waals surface area contributed by atoms with Crippen molar-refractivity contribution >= 4 is 43.2 Å². The van der Waals surface area contributed by atoms with Crippen LogP contribution in [0.1, 0.15) is 35.6 Å². The minimum Gasteiger partial charge on any atom is -0.469 e. The maximum atomic E-state index is 5.43. The quantitative estimate of drug-likeness (QED) is 0.750. The minimum atomic E-state index is 0.204. The second-order valence-electron chi connectivity index (χ2n) is 4.15. The molecule has 98 valence electrons. The molecule has 5 heteroatoms. The van der Waals surface area contributed by atoms with E-state index < -0.39 is 0 Å². The van der Waals surface area contributed by atoms with Gasteiger partial charge in [-0.05, 0) is 63.9 Å². The Balaban J connectivity index is 2.30. The van der Waals surface area contributed by atoms with Gasteiger partial charge in [-0.25, -0.2) is 0 Å². The van der Waals surface area contributed by atoms with E-state index in [-0.39, 0.29) is 6.04 Å². The van der Waals surface area contributed by atoms with Crippen molar-refractivity contribution in [3.05, 3.63) is 42.9 Å². The Kier molecular flexibility index (Phi) is 5.06. The molecule has 18 heavy (non-hydrogen) atoms. The summed E-state index contributed by atoms with van der Waals surface area (Å²) < 4.78 is 7.65. The van der Waals surface area contributed by atoms with Gasteiger partial charge in [0.15, 0.2) is 0 Å². The zero-order chi connectivity index (χ0) is 13.1. The summed E-state index contributed by atoms with van der Waals surface area (Å²) in [6.07, 6.45) is 2.95. The van der Waals surface area contributed by atoms with Gasteiger partial charge in [0.05, 0.1) is 16.1 Å². The number of halogens is 2. The third-order valence-electron chi connectivity index (χ3n) is 2.63. The molecule has 0 spiro atoms. The molecule has 0 bridgehead atoms. The summed E-state index contributed by atoms with van der Waals surface area (Å²) in [6, 6.07) is 4.45. The number of hydrogen-bond acceptors (Lipinski definition) is 3. The number of hydrogen-bond donors (Lipinski definition) is 1. The molecule has 2 heterocycles. The van der Waals surface area contributed by atoms with Gasteiger partial charge in [0.2, 0.25) is 0 Å². The number of nitrogens with one attached hydrogen (secondary N) is 1. The van der Waals surface area contributed by atoms with Crippen LogP contribution in [0.3, 0.4) is 0 Å². The van der Waals surface area contributed by atoms with Crippen molar-refractivity contribution in [2.75, 3.05) is 6.54 Å². The van der Waals surface area contributed by atoms with E-state index in [2.05, 4.69) is 56.2 Å². The average Bonchev–Trinajstić information content (AvgIpc) is 2.88. The third kappa shape index (κ3) is 3.26. The van der Waals surface area contributed by atoms with Crippen LogP contribution in [0.4, 0.5) is 0 Å². The van der Waals surface area contributed by atoms with E-state index in [1.165, 1.54) is 10.4 Å². The molecule has 0 fully saturated rings. The zero-order valence-corrected chi connectivity index (χ0v) is 14.3. The summed E-state index contributed by atoms with van der Waals surface area (Å²) in [4.78, 5) is 1.28. The second-order valence-corrected chi connectivity index (χ2v) is 7.40. The van der Waals surface area contributed by atoms with Crippen molar-refractivity contribution in [3.8, 4) is 0 Å². The highest BCUT2D eigenvalue weighted by Gasteiger charge is 2.18. The van der Waals surface area contributed by atoms with Gasteiger partial charge >= 0.3 is 0 Å². The lowest BCUT2D eigenvalue weighted by Gasteiger charge is -2.15. The van der Waals surface area contributed by atoms with Gasteiger partial charge in [0, 0.05) is 14.9 Å². The van der Waals surface area contributed by atoms with Crippen LogP contribution in [-0.4, -0.2) is 6.54 Å². The van der Waals surface area contributed by atoms with Crippen LogP contribution in [0.15, 0.2) is 31.1 Å². The molecule has 1 atom stereocenters. The summed E-state index contributed by atoms with van der Waals surface area (Å²) in [6.45, 7) is 5.13. The van der Waals surface area contributed by atoms with Gasteiger partial charge in [-0.1, -0.05) is 6.92 Å². The Morgan fingerprint density at radius 2 is 2.17 bits per heavy atom. The predicted octanol–water partition coefficient (Wildman–Crippen LogP) is 5.26. The molecule has 0 aromatic carbocycles. The monoisotopic (exact) mass is 391 g/mol. The third-order valence-corrected chi connectivity index (χ3v) is 5.95. The number of furan rings is 1. The molecule has 0 saturated heterocycles. The predicted molar refractivity (Wildman–Crippen MR) is 83.3 cm³/mol. The zero-order valence-electron chi connectivity index (χ0n) is 10.3. The fourth-order valence-corrected chi connectivity index (χ4v) is 3.99. The molecule has 0 saturated carbocycles. The van der Waals surface area contributed by atoms with Gasteiger partial charge < -0.3 is 9.73 Å². The SMILES string of the molecule is CCCNC(c1coc(C)c1)c1cc(Br)c(Br)s1. The molecule has 1 unspecified atom stereocenters. The van der Waals surface area contributed by atoms with E-state index >= 15 is 0 Å². The number of rotatable bonds is 5. The Morgan fingerprint density at radius 3 is 2.67 bits per heavy atom. The van der Waals surface area contributed by atoms with Gasteiger partial charge in [-0.2, -0.15) is 0 Å². The van der Waals surface area contributed by atoms with E-state index in [1.807, 2.05) is 13.2 Å². The second kappa shape index (κ2) is 6.37. The van der Waals surface area contributed by atoms with Gasteiger partial charge in [-0.15, -0.1) is 11.3 Å². The van der Waals surface area contributed by atoms with Crippen LogP contribution in [0.2, 0.25) is 0 Å². The van der Waals surface area contributed by atoms with E-state index in [0.29, 0.717) is 0 Å². The molecule has 0 aliphatic rings. The van der Waals surface area contributed by atoms with E-state index in [1.54, 1.807) is 11.3 Å². The van der Waals surface area contributed by atoms with Crippen molar-refractivity contribution in [2.45, 2.75) is 26.3 Å². The molecule has 1 N–H and O–H groups in total. The van der Waals surface area contributed by atoms with Gasteiger partial charge in [-0.3, -0.25) is 0 Å². The summed E-state index contributed by atoms with van der Waals surface area (Å²) >= 11 is 8.84. The first kappa shape index (κ1) is 14.3. The molecule has 2 nitrogen and oxygen atoms in total. The fraction of sp³-hybridized carbons (Fsp3) is 0.385. The van der Waals surface area contributed by atoms with Crippen molar-refractivity contribution in [1.29, 1.82) is 0 Å². The normalized spacial score (nSPS) is 12.9. The molecule has 0 radical (unpaired) electrons. The Bertz CT molecular complexity index is 501. The van der Waals surface area contributed by atoms with Crippen LogP contribution in [0.25, 0.3) is 0 Å². The van der Waals surface area contributed by atoms with E-state index in [0.717, 1.165) is 27.0 Å². The first-order valence-corrected chi connectivity index (χ1v) is 8.25. The minimum absolute atomic E-state index is 0.204. The molecule has 2 aromatic rings. The maximum absolute atomic E-state index is 5.43. The lowest BCUT2D eigenvalue weighted by atomic mass is 10.1. The summed E-state index contributed by atoms with van der Waals surface area (Å²) in [7, 11) is 0. The molecule has 2 aromatic heterocycles. The molecule has 0 aliphatic heterocycles. The first-order chi connectivity index (χ1) is 8.61. The van der Waals surface area contributed by atoms with Crippen molar-refractivity contribution < 1.29 is 4.42 Å². The maximum Gasteiger partial charge on any atom is 0.101 e. The highest BCUT2D eigenvalue weighted by atomic mass is 79.9. The summed E-state index contributed by atoms with van der Waals surface area (Å²) in [5.41, 5.74) is 1.18. The van der Waals surface area contributed by atoms with Crippen LogP contribution >= 0.6 is 43.2 Å². The highest BCUT2D eigenvalue weighted by molar-refractivity contribution is 9.13. The molecule has 2 rings (SSSR count). The van der Waals surface area contributed by atoms with Crippen LogP contribution in [-0.2, 0) is 0 Å². The standard InChI is InChI=1S/C13H15Br2NOS/c1-3-4-16-12(9-5-8(2)17-7-9)11-6-10(14)13(15)18-11/h5-7,12,16H,3-4H2,1-2H3. The average molecular weight is 393 g/mol.